The van der Waals surface area contributed by atoms with E-state index in [2.05, 4.69) is 0 Å². The first kappa shape index (κ1) is 12.6. The number of phenolic OH excluding ortho intramolecular Hbond substituents is 1. The molecule has 0 radical (unpaired) electrons. The number of benzene rings is 1. The van der Waals surface area contributed by atoms with E-state index in [4.69, 9.17) is 0 Å². The number of hydrogen-bond donors (Lipinski definition) is 2. The highest BCUT2D eigenvalue weighted by molar-refractivity contribution is 5.76. The van der Waals surface area contributed by atoms with Crippen LogP contribution >= 0.6 is 0 Å². The van der Waals surface area contributed by atoms with Crippen molar-refractivity contribution in [1.29, 1.82) is 0 Å². The molecule has 0 bridgehead atoms. The monoisotopic (exact) mass is 222 g/mol. The van der Waals surface area contributed by atoms with Crippen LogP contribution in [0.4, 0.5) is 0 Å². The van der Waals surface area contributed by atoms with Gasteiger partial charge in [0.25, 0.3) is 0 Å². The molecular weight excluding hydrogens is 204 g/mol. The molecule has 0 aliphatic carbocycles. The molecule has 0 aromatic heterocycles. The summed E-state index contributed by atoms with van der Waals surface area (Å²) in [5.74, 6) is -0.641. The zero-order valence-electron chi connectivity index (χ0n) is 10.1. The van der Waals surface area contributed by atoms with Gasteiger partial charge in [0, 0.05) is 5.41 Å². The molecule has 0 fully saturated rings. The number of carboxylic acid groups (broad SMARTS) is 1. The van der Waals surface area contributed by atoms with E-state index in [0.29, 0.717) is 0 Å². The molecule has 3 nitrogen and oxygen atoms in total. The van der Waals surface area contributed by atoms with Gasteiger partial charge in [-0.2, -0.15) is 0 Å². The Hall–Kier alpha value is -1.51. The fourth-order valence-electron chi connectivity index (χ4n) is 1.51. The van der Waals surface area contributed by atoms with Crippen molar-refractivity contribution in [3.05, 3.63) is 29.8 Å². The minimum Gasteiger partial charge on any atom is -0.508 e. The summed E-state index contributed by atoms with van der Waals surface area (Å²) in [5, 5.41) is 18.5. The summed E-state index contributed by atoms with van der Waals surface area (Å²) in [7, 11) is 0. The first-order chi connectivity index (χ1) is 7.19. The Bertz CT molecular complexity index is 388. The van der Waals surface area contributed by atoms with Gasteiger partial charge >= 0.3 is 5.97 Å². The van der Waals surface area contributed by atoms with E-state index in [0.717, 1.165) is 5.56 Å². The van der Waals surface area contributed by atoms with Crippen LogP contribution in [0, 0.1) is 5.41 Å². The third-order valence-corrected chi connectivity index (χ3v) is 3.69. The van der Waals surface area contributed by atoms with Crippen LogP contribution in [0.1, 0.15) is 33.3 Å². The Morgan fingerprint density at radius 1 is 1.06 bits per heavy atom. The Labute approximate surface area is 95.7 Å². The summed E-state index contributed by atoms with van der Waals surface area (Å²) in [4.78, 5) is 11.3. The van der Waals surface area contributed by atoms with E-state index in [9.17, 15) is 15.0 Å². The maximum absolute atomic E-state index is 11.3. The normalized spacial score (nSPS) is 12.5. The van der Waals surface area contributed by atoms with Crippen molar-refractivity contribution in [1.82, 2.24) is 0 Å². The van der Waals surface area contributed by atoms with Gasteiger partial charge in [0.1, 0.15) is 5.75 Å². The molecule has 2 N–H and O–H groups in total. The van der Waals surface area contributed by atoms with Crippen LogP contribution in [0.15, 0.2) is 24.3 Å². The second kappa shape index (κ2) is 3.81. The Kier molecular flexibility index (Phi) is 2.99. The van der Waals surface area contributed by atoms with Crippen LogP contribution in [-0.2, 0) is 10.2 Å². The summed E-state index contributed by atoms with van der Waals surface area (Å²) in [5.41, 5.74) is -0.478. The van der Waals surface area contributed by atoms with Gasteiger partial charge in [-0.1, -0.05) is 26.0 Å². The number of carbonyl (C=O) groups is 1. The second-order valence-corrected chi connectivity index (χ2v) is 5.10. The quantitative estimate of drug-likeness (QED) is 0.826. The van der Waals surface area contributed by atoms with Crippen LogP contribution in [-0.4, -0.2) is 16.2 Å². The van der Waals surface area contributed by atoms with Crippen molar-refractivity contribution in [2.75, 3.05) is 0 Å². The fourth-order valence-corrected chi connectivity index (χ4v) is 1.51. The summed E-state index contributed by atoms with van der Waals surface area (Å²) >= 11 is 0. The average Bonchev–Trinajstić information content (AvgIpc) is 2.17. The van der Waals surface area contributed by atoms with Gasteiger partial charge < -0.3 is 10.2 Å². The highest BCUT2D eigenvalue weighted by atomic mass is 16.4. The molecule has 3 heteroatoms. The lowest BCUT2D eigenvalue weighted by Crippen LogP contribution is -2.42. The number of hydrogen-bond acceptors (Lipinski definition) is 2. The molecule has 0 atom stereocenters. The molecular formula is C13H18O3. The van der Waals surface area contributed by atoms with E-state index in [-0.39, 0.29) is 5.75 Å². The van der Waals surface area contributed by atoms with E-state index in [1.54, 1.807) is 38.1 Å². The molecule has 0 saturated heterocycles. The van der Waals surface area contributed by atoms with Gasteiger partial charge in [0.15, 0.2) is 0 Å². The number of rotatable bonds is 3. The number of phenols is 1. The summed E-state index contributed by atoms with van der Waals surface area (Å²) < 4.78 is 0. The van der Waals surface area contributed by atoms with Gasteiger partial charge in [-0.15, -0.1) is 0 Å². The summed E-state index contributed by atoms with van der Waals surface area (Å²) in [6.07, 6.45) is 0. The Morgan fingerprint density at radius 3 is 1.88 bits per heavy atom. The van der Waals surface area contributed by atoms with Gasteiger partial charge in [-0.3, -0.25) is 4.79 Å². The molecule has 1 rings (SSSR count). The minimum atomic E-state index is -0.871. The lowest BCUT2D eigenvalue weighted by Gasteiger charge is -2.38. The van der Waals surface area contributed by atoms with Crippen LogP contribution in [0.2, 0.25) is 0 Å². The molecule has 0 aliphatic heterocycles. The fraction of sp³-hybridized carbons (Fsp3) is 0.462. The molecule has 0 heterocycles. The number of aliphatic carboxylic acids is 1. The Morgan fingerprint density at radius 2 is 1.50 bits per heavy atom. The molecule has 16 heavy (non-hydrogen) atoms. The first-order valence-electron chi connectivity index (χ1n) is 5.22. The van der Waals surface area contributed by atoms with E-state index >= 15 is 0 Å². The van der Waals surface area contributed by atoms with Crippen LogP contribution in [0.3, 0.4) is 0 Å². The maximum atomic E-state index is 11.3. The average molecular weight is 222 g/mol. The van der Waals surface area contributed by atoms with Crippen LogP contribution in [0.25, 0.3) is 0 Å². The second-order valence-electron chi connectivity index (χ2n) is 5.10. The number of aromatic hydroxyl groups is 1. The van der Waals surface area contributed by atoms with Gasteiger partial charge in [0.2, 0.25) is 0 Å². The zero-order valence-corrected chi connectivity index (χ0v) is 10.1. The molecule has 0 spiro atoms. The van der Waals surface area contributed by atoms with E-state index in [1.165, 1.54) is 0 Å². The summed E-state index contributed by atoms with van der Waals surface area (Å²) in [6, 6.07) is 6.68. The maximum Gasteiger partial charge on any atom is 0.309 e. The largest absolute Gasteiger partial charge is 0.508 e. The lowest BCUT2D eigenvalue weighted by atomic mass is 9.64. The van der Waals surface area contributed by atoms with Crippen molar-refractivity contribution in [3.8, 4) is 5.75 Å². The van der Waals surface area contributed by atoms with Crippen molar-refractivity contribution >= 4 is 5.97 Å². The predicted octanol–water partition coefficient (Wildman–Crippen LogP) is 2.78. The minimum absolute atomic E-state index is 0.188. The van der Waals surface area contributed by atoms with Gasteiger partial charge in [-0.25, -0.2) is 0 Å². The van der Waals surface area contributed by atoms with E-state index < -0.39 is 16.8 Å². The molecule has 0 unspecified atom stereocenters. The standard InChI is InChI=1S/C13H18O3/c1-12(2,13(3,4)11(15)16)9-5-7-10(14)8-6-9/h5-8,14H,1-4H3,(H,15,16). The van der Waals surface area contributed by atoms with E-state index in [1.807, 2.05) is 13.8 Å². The first-order valence-corrected chi connectivity index (χ1v) is 5.22. The lowest BCUT2D eigenvalue weighted by molar-refractivity contribution is -0.150. The van der Waals surface area contributed by atoms with Crippen LogP contribution < -0.4 is 0 Å². The zero-order chi connectivity index (χ0) is 12.6. The molecule has 1 aromatic carbocycles. The topological polar surface area (TPSA) is 57.5 Å². The van der Waals surface area contributed by atoms with Gasteiger partial charge in [-0.05, 0) is 31.5 Å². The SMILES string of the molecule is CC(C)(C(=O)O)C(C)(C)c1ccc(O)cc1. The third kappa shape index (κ3) is 1.90. The Balaban J connectivity index is 3.20. The van der Waals surface area contributed by atoms with Crippen molar-refractivity contribution in [2.45, 2.75) is 33.1 Å². The van der Waals surface area contributed by atoms with Crippen molar-refractivity contribution in [3.63, 3.8) is 0 Å². The molecule has 0 saturated carbocycles. The predicted molar refractivity (Wildman–Crippen MR) is 62.5 cm³/mol. The highest BCUT2D eigenvalue weighted by Crippen LogP contribution is 2.41. The molecule has 88 valence electrons. The van der Waals surface area contributed by atoms with Crippen molar-refractivity contribution < 1.29 is 15.0 Å². The molecule has 1 aromatic rings. The molecule has 0 aliphatic rings. The van der Waals surface area contributed by atoms with Crippen molar-refractivity contribution in [2.24, 2.45) is 5.41 Å². The number of carboxylic acids is 1. The highest BCUT2D eigenvalue weighted by Gasteiger charge is 2.44. The van der Waals surface area contributed by atoms with Crippen LogP contribution in [0.5, 0.6) is 5.75 Å². The van der Waals surface area contributed by atoms with Gasteiger partial charge in [0.05, 0.1) is 5.41 Å². The smallest absolute Gasteiger partial charge is 0.309 e. The summed E-state index contributed by atoms with van der Waals surface area (Å²) in [6.45, 7) is 7.21. The third-order valence-electron chi connectivity index (χ3n) is 3.69. The molecule has 0 amide bonds.